The summed E-state index contributed by atoms with van der Waals surface area (Å²) < 4.78 is 26.4. The lowest BCUT2D eigenvalue weighted by atomic mass is 9.98. The minimum Gasteiger partial charge on any atom is -0.247 e. The fourth-order valence-electron chi connectivity index (χ4n) is 2.70. The summed E-state index contributed by atoms with van der Waals surface area (Å²) in [6.07, 6.45) is 6.02. The molecule has 2 rings (SSSR count). The number of rotatable bonds is 2. The van der Waals surface area contributed by atoms with Crippen molar-refractivity contribution in [2.24, 2.45) is 0 Å². The molecule has 0 nitrogen and oxygen atoms in total. The molecular formula is C12H20F2S. The SMILES string of the molecule is FC1CCCC(SC2CCCC(F)C2)C1. The summed E-state index contributed by atoms with van der Waals surface area (Å²) in [6.45, 7) is 0. The summed E-state index contributed by atoms with van der Waals surface area (Å²) in [5.41, 5.74) is 0. The fraction of sp³-hybridized carbons (Fsp3) is 1.00. The van der Waals surface area contributed by atoms with Gasteiger partial charge in [-0.25, -0.2) is 8.78 Å². The van der Waals surface area contributed by atoms with Crippen molar-refractivity contribution >= 4 is 11.8 Å². The van der Waals surface area contributed by atoms with Gasteiger partial charge in [0.05, 0.1) is 0 Å². The maximum atomic E-state index is 13.2. The molecule has 0 radical (unpaired) electrons. The largest absolute Gasteiger partial charge is 0.247 e. The lowest BCUT2D eigenvalue weighted by Crippen LogP contribution is -2.24. The Balaban J connectivity index is 1.75. The molecule has 4 atom stereocenters. The highest BCUT2D eigenvalue weighted by Gasteiger charge is 2.28. The van der Waals surface area contributed by atoms with Crippen LogP contribution in [0.5, 0.6) is 0 Å². The maximum absolute atomic E-state index is 13.2. The van der Waals surface area contributed by atoms with Crippen LogP contribution in [0.3, 0.4) is 0 Å². The molecule has 0 spiro atoms. The van der Waals surface area contributed by atoms with Crippen molar-refractivity contribution in [2.75, 3.05) is 0 Å². The van der Waals surface area contributed by atoms with Gasteiger partial charge in [-0.2, -0.15) is 11.8 Å². The summed E-state index contributed by atoms with van der Waals surface area (Å²) in [5.74, 6) is 0. The number of hydrogen-bond acceptors (Lipinski definition) is 1. The van der Waals surface area contributed by atoms with Crippen LogP contribution in [0.4, 0.5) is 8.78 Å². The molecule has 4 unspecified atom stereocenters. The van der Waals surface area contributed by atoms with Crippen LogP contribution in [0, 0.1) is 0 Å². The van der Waals surface area contributed by atoms with Crippen LogP contribution in [0.1, 0.15) is 51.4 Å². The van der Waals surface area contributed by atoms with Gasteiger partial charge in [0.2, 0.25) is 0 Å². The molecule has 15 heavy (non-hydrogen) atoms. The van der Waals surface area contributed by atoms with Gasteiger partial charge in [-0.3, -0.25) is 0 Å². The van der Waals surface area contributed by atoms with Crippen molar-refractivity contribution in [1.82, 2.24) is 0 Å². The minimum absolute atomic E-state index is 0.462. The van der Waals surface area contributed by atoms with Crippen molar-refractivity contribution in [1.29, 1.82) is 0 Å². The zero-order chi connectivity index (χ0) is 10.7. The van der Waals surface area contributed by atoms with E-state index in [2.05, 4.69) is 0 Å². The summed E-state index contributed by atoms with van der Waals surface area (Å²) in [6, 6.07) is 0. The Bertz CT molecular complexity index is 178. The zero-order valence-electron chi connectivity index (χ0n) is 9.13. The summed E-state index contributed by atoms with van der Waals surface area (Å²) >= 11 is 1.87. The van der Waals surface area contributed by atoms with E-state index in [-0.39, 0.29) is 0 Å². The first-order valence-corrected chi connectivity index (χ1v) is 7.12. The van der Waals surface area contributed by atoms with Crippen molar-refractivity contribution in [3.8, 4) is 0 Å². The van der Waals surface area contributed by atoms with E-state index >= 15 is 0 Å². The van der Waals surface area contributed by atoms with E-state index in [1.165, 1.54) is 0 Å². The molecule has 0 saturated heterocycles. The second-order valence-corrected chi connectivity index (χ2v) is 6.51. The lowest BCUT2D eigenvalue weighted by molar-refractivity contribution is 0.249. The topological polar surface area (TPSA) is 0 Å². The predicted molar refractivity (Wildman–Crippen MR) is 61.9 cm³/mol. The third kappa shape index (κ3) is 3.61. The first-order chi connectivity index (χ1) is 7.24. The van der Waals surface area contributed by atoms with Crippen molar-refractivity contribution in [3.05, 3.63) is 0 Å². The number of alkyl halides is 2. The van der Waals surface area contributed by atoms with E-state index in [0.29, 0.717) is 23.3 Å². The smallest absolute Gasteiger partial charge is 0.101 e. The summed E-state index contributed by atoms with van der Waals surface area (Å²) in [7, 11) is 0. The molecule has 3 heteroatoms. The second-order valence-electron chi connectivity index (χ2n) is 4.91. The van der Waals surface area contributed by atoms with Crippen LogP contribution in [0.2, 0.25) is 0 Å². The highest BCUT2D eigenvalue weighted by molar-refractivity contribution is 8.00. The van der Waals surface area contributed by atoms with Crippen LogP contribution in [-0.2, 0) is 0 Å². The Hall–Kier alpha value is 0.210. The first kappa shape index (κ1) is 11.7. The standard InChI is InChI=1S/C12H20F2S/c13-9-3-1-5-11(7-9)15-12-6-2-4-10(14)8-12/h9-12H,1-8H2. The Morgan fingerprint density at radius 2 is 1.20 bits per heavy atom. The zero-order valence-corrected chi connectivity index (χ0v) is 9.95. The van der Waals surface area contributed by atoms with Crippen LogP contribution in [0.25, 0.3) is 0 Å². The molecule has 2 aliphatic rings. The van der Waals surface area contributed by atoms with Gasteiger partial charge in [0.25, 0.3) is 0 Å². The van der Waals surface area contributed by atoms with E-state index in [1.54, 1.807) is 0 Å². The van der Waals surface area contributed by atoms with Gasteiger partial charge >= 0.3 is 0 Å². The minimum atomic E-state index is -0.596. The predicted octanol–water partition coefficient (Wildman–Crippen LogP) is 4.28. The van der Waals surface area contributed by atoms with Gasteiger partial charge in [0, 0.05) is 10.5 Å². The molecule has 0 amide bonds. The van der Waals surface area contributed by atoms with Crippen molar-refractivity contribution in [3.63, 3.8) is 0 Å². The molecule has 88 valence electrons. The average Bonchev–Trinajstić information content (AvgIpc) is 2.17. The molecule has 2 fully saturated rings. The highest BCUT2D eigenvalue weighted by Crippen LogP contribution is 2.38. The Kier molecular flexibility index (Phi) is 4.30. The van der Waals surface area contributed by atoms with Gasteiger partial charge in [-0.1, -0.05) is 0 Å². The number of thioether (sulfide) groups is 1. The van der Waals surface area contributed by atoms with Crippen molar-refractivity contribution < 1.29 is 8.78 Å². The quantitative estimate of drug-likeness (QED) is 0.687. The van der Waals surface area contributed by atoms with Crippen LogP contribution in [0.15, 0.2) is 0 Å². The van der Waals surface area contributed by atoms with Gasteiger partial charge in [-0.15, -0.1) is 0 Å². The Labute approximate surface area is 95.2 Å². The number of halogens is 2. The fourth-order valence-corrected chi connectivity index (χ4v) is 4.48. The average molecular weight is 234 g/mol. The van der Waals surface area contributed by atoms with E-state index in [4.69, 9.17) is 0 Å². The Morgan fingerprint density at radius 3 is 1.60 bits per heavy atom. The molecule has 0 N–H and O–H groups in total. The summed E-state index contributed by atoms with van der Waals surface area (Å²) in [4.78, 5) is 0. The molecule has 0 aromatic heterocycles. The van der Waals surface area contributed by atoms with E-state index in [9.17, 15) is 8.78 Å². The van der Waals surface area contributed by atoms with E-state index < -0.39 is 12.3 Å². The highest BCUT2D eigenvalue weighted by atomic mass is 32.2. The van der Waals surface area contributed by atoms with Crippen LogP contribution in [-0.4, -0.2) is 22.8 Å². The van der Waals surface area contributed by atoms with Gasteiger partial charge in [-0.05, 0) is 51.4 Å². The Morgan fingerprint density at radius 1 is 0.733 bits per heavy atom. The molecule has 0 heterocycles. The van der Waals surface area contributed by atoms with Crippen molar-refractivity contribution in [2.45, 2.75) is 74.2 Å². The number of hydrogen-bond donors (Lipinski definition) is 0. The van der Waals surface area contributed by atoms with Crippen LogP contribution >= 0.6 is 11.8 Å². The maximum Gasteiger partial charge on any atom is 0.101 e. The van der Waals surface area contributed by atoms with E-state index in [1.807, 2.05) is 11.8 Å². The molecule has 0 aromatic carbocycles. The van der Waals surface area contributed by atoms with Gasteiger partial charge < -0.3 is 0 Å². The van der Waals surface area contributed by atoms with E-state index in [0.717, 1.165) is 38.5 Å². The monoisotopic (exact) mass is 234 g/mol. The van der Waals surface area contributed by atoms with Gasteiger partial charge in [0.15, 0.2) is 0 Å². The van der Waals surface area contributed by atoms with Gasteiger partial charge in [0.1, 0.15) is 12.3 Å². The molecule has 0 aliphatic heterocycles. The van der Waals surface area contributed by atoms with Crippen LogP contribution < -0.4 is 0 Å². The molecule has 2 saturated carbocycles. The normalized spacial score (nSPS) is 42.8. The lowest BCUT2D eigenvalue weighted by Gasteiger charge is -2.30. The molecule has 2 aliphatic carbocycles. The molecule has 0 bridgehead atoms. The first-order valence-electron chi connectivity index (χ1n) is 6.17. The second kappa shape index (κ2) is 5.51. The summed E-state index contributed by atoms with van der Waals surface area (Å²) in [5, 5.41) is 0.924. The third-order valence-corrected chi connectivity index (χ3v) is 5.14. The molecular weight excluding hydrogens is 214 g/mol. The third-order valence-electron chi connectivity index (χ3n) is 3.51. The molecule has 0 aromatic rings.